The van der Waals surface area contributed by atoms with Crippen molar-refractivity contribution in [3.05, 3.63) is 76.8 Å². The summed E-state index contributed by atoms with van der Waals surface area (Å²) in [5, 5.41) is 0.751. The minimum absolute atomic E-state index is 0.0688. The van der Waals surface area contributed by atoms with Gasteiger partial charge in [-0.15, -0.1) is 0 Å². The summed E-state index contributed by atoms with van der Waals surface area (Å²) in [6, 6.07) is 14.1. The first kappa shape index (κ1) is 19.8. The van der Waals surface area contributed by atoms with E-state index in [1.165, 1.54) is 0 Å². The molecule has 1 amide bonds. The Morgan fingerprint density at radius 2 is 2.14 bits per heavy atom. The Labute approximate surface area is 182 Å². The van der Waals surface area contributed by atoms with Crippen molar-refractivity contribution in [3.63, 3.8) is 0 Å². The van der Waals surface area contributed by atoms with E-state index in [-0.39, 0.29) is 5.91 Å². The van der Waals surface area contributed by atoms with Gasteiger partial charge in [-0.3, -0.25) is 9.69 Å². The third kappa shape index (κ3) is 4.92. The van der Waals surface area contributed by atoms with Crippen LogP contribution < -0.4 is 4.90 Å². The van der Waals surface area contributed by atoms with Gasteiger partial charge in [0.05, 0.1) is 23.0 Å². The lowest BCUT2D eigenvalue weighted by Gasteiger charge is -2.20. The summed E-state index contributed by atoms with van der Waals surface area (Å²) < 4.78 is 4.11. The fraction of sp³-hybridized carbons (Fsp3) is 0.227. The smallest absolute Gasteiger partial charge is 0.233 e. The van der Waals surface area contributed by atoms with Crippen LogP contribution in [0.15, 0.2) is 65.7 Å². The van der Waals surface area contributed by atoms with E-state index in [0.29, 0.717) is 13.0 Å². The quantitative estimate of drug-likeness (QED) is 0.373. The zero-order chi connectivity index (χ0) is 20.2. The number of halogens is 1. The van der Waals surface area contributed by atoms with Gasteiger partial charge in [0.15, 0.2) is 5.13 Å². The average molecular weight is 469 g/mol. The molecule has 148 valence electrons. The number of rotatable bonds is 7. The Balaban J connectivity index is 1.57. The molecule has 2 aromatic heterocycles. The van der Waals surface area contributed by atoms with Crippen molar-refractivity contribution in [1.29, 1.82) is 0 Å². The number of aromatic nitrogens is 3. The predicted molar refractivity (Wildman–Crippen MR) is 121 cm³/mol. The Morgan fingerprint density at radius 1 is 1.24 bits per heavy atom. The largest absolute Gasteiger partial charge is 0.337 e. The maximum absolute atomic E-state index is 13.2. The summed E-state index contributed by atoms with van der Waals surface area (Å²) >= 11 is 5.07. The molecule has 5 nitrogen and oxygen atoms in total. The van der Waals surface area contributed by atoms with Crippen LogP contribution in [0.2, 0.25) is 0 Å². The van der Waals surface area contributed by atoms with Crippen molar-refractivity contribution in [3.8, 4) is 0 Å². The van der Waals surface area contributed by atoms with Gasteiger partial charge >= 0.3 is 0 Å². The lowest BCUT2D eigenvalue weighted by atomic mass is 10.1. The second kappa shape index (κ2) is 8.88. The van der Waals surface area contributed by atoms with Gasteiger partial charge in [0, 0.05) is 30.0 Å². The first-order valence-electron chi connectivity index (χ1n) is 9.46. The van der Waals surface area contributed by atoms with Crippen LogP contribution in [0.3, 0.4) is 0 Å². The lowest BCUT2D eigenvalue weighted by molar-refractivity contribution is -0.118. The Kier molecular flexibility index (Phi) is 6.06. The first-order chi connectivity index (χ1) is 14.1. The molecule has 7 heteroatoms. The standard InChI is InChI=1S/C22H21BrN4OS/c1-16-4-2-5-17(12-16)13-21(28)27(10-3-9-26-11-8-24-15-26)22-25-19-7-6-18(23)14-20(19)29-22/h2,4-8,11-12,14-15H,3,9-10,13H2,1H3. The number of fused-ring (bicyclic) bond motifs is 1. The number of hydrogen-bond acceptors (Lipinski definition) is 4. The summed E-state index contributed by atoms with van der Waals surface area (Å²) in [4.78, 5) is 23.9. The maximum atomic E-state index is 13.2. The molecule has 0 aliphatic rings. The molecule has 4 aromatic rings. The average Bonchev–Trinajstić information content (AvgIpc) is 3.34. The van der Waals surface area contributed by atoms with E-state index in [1.54, 1.807) is 23.9 Å². The predicted octanol–water partition coefficient (Wildman–Crippen LogP) is 5.23. The van der Waals surface area contributed by atoms with Gasteiger partial charge in [-0.1, -0.05) is 57.1 Å². The molecule has 4 rings (SSSR count). The Hall–Kier alpha value is -2.51. The normalized spacial score (nSPS) is 11.1. The van der Waals surface area contributed by atoms with E-state index in [0.717, 1.165) is 43.9 Å². The van der Waals surface area contributed by atoms with Crippen molar-refractivity contribution in [2.75, 3.05) is 11.4 Å². The van der Waals surface area contributed by atoms with Crippen LogP contribution in [0.25, 0.3) is 10.2 Å². The molecule has 0 spiro atoms. The lowest BCUT2D eigenvalue weighted by Crippen LogP contribution is -2.33. The number of amides is 1. The van der Waals surface area contributed by atoms with Crippen LogP contribution in [0, 0.1) is 6.92 Å². The molecular weight excluding hydrogens is 448 g/mol. The van der Waals surface area contributed by atoms with Crippen molar-refractivity contribution in [2.45, 2.75) is 26.3 Å². The molecule has 0 saturated heterocycles. The highest BCUT2D eigenvalue weighted by Gasteiger charge is 2.20. The van der Waals surface area contributed by atoms with E-state index in [9.17, 15) is 4.79 Å². The molecule has 0 atom stereocenters. The summed E-state index contributed by atoms with van der Waals surface area (Å²) in [5.74, 6) is 0.0688. The molecule has 0 fully saturated rings. The van der Waals surface area contributed by atoms with Gasteiger partial charge in [-0.2, -0.15) is 0 Å². The minimum atomic E-state index is 0.0688. The Morgan fingerprint density at radius 3 is 2.93 bits per heavy atom. The van der Waals surface area contributed by atoms with Gasteiger partial charge in [-0.25, -0.2) is 9.97 Å². The van der Waals surface area contributed by atoms with Gasteiger partial charge in [0.25, 0.3) is 0 Å². The summed E-state index contributed by atoms with van der Waals surface area (Å²) in [6.07, 6.45) is 6.70. The molecule has 0 unspecified atom stereocenters. The van der Waals surface area contributed by atoms with Crippen LogP contribution in [-0.2, 0) is 17.8 Å². The SMILES string of the molecule is Cc1cccc(CC(=O)N(CCCn2ccnc2)c2nc3ccc(Br)cc3s2)c1. The zero-order valence-electron chi connectivity index (χ0n) is 16.1. The van der Waals surface area contributed by atoms with Crippen LogP contribution in [-0.4, -0.2) is 27.0 Å². The minimum Gasteiger partial charge on any atom is -0.337 e. The molecule has 0 aliphatic heterocycles. The van der Waals surface area contributed by atoms with Crippen molar-refractivity contribution >= 4 is 48.5 Å². The summed E-state index contributed by atoms with van der Waals surface area (Å²) in [7, 11) is 0. The van der Waals surface area contributed by atoms with E-state index in [4.69, 9.17) is 4.98 Å². The maximum Gasteiger partial charge on any atom is 0.233 e. The molecule has 2 heterocycles. The van der Waals surface area contributed by atoms with E-state index >= 15 is 0 Å². The van der Waals surface area contributed by atoms with E-state index in [1.807, 2.05) is 59.0 Å². The number of thiazole rings is 1. The third-order valence-corrected chi connectivity index (χ3v) is 6.20. The first-order valence-corrected chi connectivity index (χ1v) is 11.1. The van der Waals surface area contributed by atoms with Crippen LogP contribution in [0.1, 0.15) is 17.5 Å². The number of carbonyl (C=O) groups is 1. The summed E-state index contributed by atoms with van der Waals surface area (Å²) in [6.45, 7) is 3.47. The van der Waals surface area contributed by atoms with Gasteiger partial charge < -0.3 is 4.57 Å². The highest BCUT2D eigenvalue weighted by molar-refractivity contribution is 9.10. The van der Waals surface area contributed by atoms with Crippen LogP contribution in [0.4, 0.5) is 5.13 Å². The number of hydrogen-bond donors (Lipinski definition) is 0. The van der Waals surface area contributed by atoms with Crippen LogP contribution in [0.5, 0.6) is 0 Å². The van der Waals surface area contributed by atoms with Crippen molar-refractivity contribution in [2.24, 2.45) is 0 Å². The third-order valence-electron chi connectivity index (χ3n) is 4.67. The fourth-order valence-corrected chi connectivity index (χ4v) is 4.81. The van der Waals surface area contributed by atoms with E-state index in [2.05, 4.69) is 27.0 Å². The molecule has 2 aromatic carbocycles. The second-order valence-corrected chi connectivity index (χ2v) is 8.90. The van der Waals surface area contributed by atoms with Crippen LogP contribution >= 0.6 is 27.3 Å². The number of imidazole rings is 1. The Bertz CT molecular complexity index is 1120. The van der Waals surface area contributed by atoms with E-state index < -0.39 is 0 Å². The van der Waals surface area contributed by atoms with Crippen molar-refractivity contribution < 1.29 is 4.79 Å². The molecule has 0 bridgehead atoms. The second-order valence-electron chi connectivity index (χ2n) is 6.97. The molecule has 0 N–H and O–H groups in total. The molecule has 0 radical (unpaired) electrons. The number of carbonyl (C=O) groups excluding carboxylic acids is 1. The van der Waals surface area contributed by atoms with Gasteiger partial charge in [0.1, 0.15) is 0 Å². The fourth-order valence-electron chi connectivity index (χ4n) is 3.25. The molecule has 29 heavy (non-hydrogen) atoms. The monoisotopic (exact) mass is 468 g/mol. The van der Waals surface area contributed by atoms with Gasteiger partial charge in [-0.05, 0) is 37.1 Å². The summed E-state index contributed by atoms with van der Waals surface area (Å²) in [5.41, 5.74) is 3.10. The molecule has 0 aliphatic carbocycles. The topological polar surface area (TPSA) is 51.0 Å². The highest BCUT2D eigenvalue weighted by Crippen LogP contribution is 2.31. The van der Waals surface area contributed by atoms with Gasteiger partial charge in [0.2, 0.25) is 5.91 Å². The molecular formula is C22H21BrN4OS. The number of benzene rings is 2. The highest BCUT2D eigenvalue weighted by atomic mass is 79.9. The zero-order valence-corrected chi connectivity index (χ0v) is 18.5. The number of anilines is 1. The van der Waals surface area contributed by atoms with Crippen molar-refractivity contribution in [1.82, 2.24) is 14.5 Å². The molecule has 0 saturated carbocycles. The number of nitrogens with zero attached hydrogens (tertiary/aromatic N) is 4. The number of aryl methyl sites for hydroxylation is 2.